The van der Waals surface area contributed by atoms with Gasteiger partial charge in [0.05, 0.1) is 0 Å². The van der Waals surface area contributed by atoms with Crippen LogP contribution >= 0.6 is 11.3 Å². The van der Waals surface area contributed by atoms with Crippen molar-refractivity contribution in [1.29, 1.82) is 0 Å². The van der Waals surface area contributed by atoms with Crippen molar-refractivity contribution in [3.8, 4) is 0 Å². The Labute approximate surface area is 264 Å². The molecule has 0 atom stereocenters. The molecule has 0 saturated heterocycles. The third kappa shape index (κ3) is 4.22. The monoisotopic (exact) mass is 592 g/mol. The summed E-state index contributed by atoms with van der Waals surface area (Å²) in [6, 6.07) is 43.9. The predicted molar refractivity (Wildman–Crippen MR) is 193 cm³/mol. The molecule has 0 radical (unpaired) electrons. The highest BCUT2D eigenvalue weighted by Gasteiger charge is 2.15. The van der Waals surface area contributed by atoms with Gasteiger partial charge in [-0.25, -0.2) is 0 Å². The summed E-state index contributed by atoms with van der Waals surface area (Å²) in [5, 5.41) is 9.62. The Kier molecular flexibility index (Phi) is 5.97. The van der Waals surface area contributed by atoms with E-state index in [0.29, 0.717) is 0 Å². The van der Waals surface area contributed by atoms with Gasteiger partial charge in [-0.15, -0.1) is 11.3 Å². The van der Waals surface area contributed by atoms with E-state index in [2.05, 4.69) is 152 Å². The Hall–Kier alpha value is -5.44. The van der Waals surface area contributed by atoms with Crippen LogP contribution in [-0.4, -0.2) is 0 Å². The smallest absolute Gasteiger partial charge is 0.143 e. The van der Waals surface area contributed by atoms with E-state index in [1.54, 1.807) is 0 Å². The van der Waals surface area contributed by atoms with Crippen LogP contribution in [-0.2, 0) is 0 Å². The molecule has 2 heteroatoms. The van der Waals surface area contributed by atoms with Crippen LogP contribution in [0.2, 0.25) is 0 Å². The van der Waals surface area contributed by atoms with Gasteiger partial charge in [-0.3, -0.25) is 0 Å². The number of allylic oxidation sites excluding steroid dienone is 5. The van der Waals surface area contributed by atoms with E-state index in [0.717, 1.165) is 50.5 Å². The minimum absolute atomic E-state index is 0.827. The molecule has 212 valence electrons. The molecule has 0 bridgehead atoms. The number of rotatable bonds is 2. The molecule has 9 rings (SSSR count). The highest BCUT2D eigenvalue weighted by molar-refractivity contribution is 7.25. The van der Waals surface area contributed by atoms with Gasteiger partial charge in [-0.05, 0) is 86.5 Å². The van der Waals surface area contributed by atoms with Crippen LogP contribution < -0.4 is 10.4 Å². The van der Waals surface area contributed by atoms with E-state index in [-0.39, 0.29) is 0 Å². The molecule has 0 saturated carbocycles. The fourth-order valence-electron chi connectivity index (χ4n) is 6.95. The molecule has 0 amide bonds. The maximum atomic E-state index is 6.46. The standard InChI is InChI=1S/C43H28OS/c1-27-11-3-2-4-13-31(29-21-24-41-38(25-29)34-16-9-10-18-40(34)45-41)33-15-7-8-17-35(33)42(27)30-20-23-39-37(26-30)36-22-19-28-12-5-6-14-32(28)43(36)44-39/h2-12,14-26H,1,13H2/b4-2-,11-3-,33-31+,42-35?. The third-order valence-electron chi connectivity index (χ3n) is 9.08. The molecular formula is C43H28OS. The van der Waals surface area contributed by atoms with Crippen LogP contribution in [0.15, 0.2) is 162 Å². The zero-order chi connectivity index (χ0) is 29.9. The number of hydrogen-bond donors (Lipinski definition) is 0. The second-order valence-corrected chi connectivity index (χ2v) is 12.8. The number of fused-ring (bicyclic) bond motifs is 9. The highest BCUT2D eigenvalue weighted by Crippen LogP contribution is 2.37. The summed E-state index contributed by atoms with van der Waals surface area (Å²) in [7, 11) is 0. The Morgan fingerprint density at radius 1 is 0.578 bits per heavy atom. The van der Waals surface area contributed by atoms with Gasteiger partial charge in [0.15, 0.2) is 0 Å². The first-order chi connectivity index (χ1) is 22.2. The average molecular weight is 593 g/mol. The van der Waals surface area contributed by atoms with Gasteiger partial charge >= 0.3 is 0 Å². The first kappa shape index (κ1) is 26.0. The largest absolute Gasteiger partial charge is 0.455 e. The van der Waals surface area contributed by atoms with Gasteiger partial charge in [0, 0.05) is 36.3 Å². The normalized spacial score (nSPS) is 16.5. The van der Waals surface area contributed by atoms with Crippen LogP contribution in [0.25, 0.3) is 64.0 Å². The fourth-order valence-corrected chi connectivity index (χ4v) is 8.04. The molecule has 8 aromatic rings. The predicted octanol–water partition coefficient (Wildman–Crippen LogP) is 10.6. The zero-order valence-corrected chi connectivity index (χ0v) is 25.4. The molecule has 0 fully saturated rings. The average Bonchev–Trinajstić information content (AvgIpc) is 3.65. The molecule has 0 aliphatic heterocycles. The summed E-state index contributed by atoms with van der Waals surface area (Å²) >= 11 is 1.86. The lowest BCUT2D eigenvalue weighted by atomic mass is 9.90. The van der Waals surface area contributed by atoms with Crippen molar-refractivity contribution in [2.45, 2.75) is 6.42 Å². The maximum Gasteiger partial charge on any atom is 0.143 e. The summed E-state index contributed by atoms with van der Waals surface area (Å²) in [4.78, 5) is 0. The summed E-state index contributed by atoms with van der Waals surface area (Å²) in [5.41, 5.74) is 7.63. The Bertz CT molecular complexity index is 2690. The van der Waals surface area contributed by atoms with Crippen molar-refractivity contribution in [3.05, 3.63) is 179 Å². The lowest BCUT2D eigenvalue weighted by molar-refractivity contribution is 0.672. The van der Waals surface area contributed by atoms with Crippen LogP contribution in [0.4, 0.5) is 0 Å². The number of hydrogen-bond acceptors (Lipinski definition) is 2. The molecule has 2 aromatic heterocycles. The van der Waals surface area contributed by atoms with Crippen molar-refractivity contribution in [2.24, 2.45) is 0 Å². The van der Waals surface area contributed by atoms with E-state index < -0.39 is 0 Å². The van der Waals surface area contributed by atoms with Crippen molar-refractivity contribution in [1.82, 2.24) is 0 Å². The Morgan fingerprint density at radius 2 is 1.33 bits per heavy atom. The fraction of sp³-hybridized carbons (Fsp3) is 0.0233. The molecular weight excluding hydrogens is 565 g/mol. The minimum atomic E-state index is 0.827. The SMILES string of the molecule is C=C1/C=C\C=C/C/C(c2ccc3sc4ccccc4c3c2)=c2/ccccc2=C1c1ccc2oc3c4ccccc4ccc3c2c1. The van der Waals surface area contributed by atoms with Crippen LogP contribution in [0, 0.1) is 0 Å². The molecule has 1 aliphatic rings. The Balaban J connectivity index is 1.35. The molecule has 0 spiro atoms. The van der Waals surface area contributed by atoms with Crippen molar-refractivity contribution < 1.29 is 4.42 Å². The van der Waals surface area contributed by atoms with Crippen molar-refractivity contribution in [2.75, 3.05) is 0 Å². The van der Waals surface area contributed by atoms with Crippen LogP contribution in [0.1, 0.15) is 17.5 Å². The van der Waals surface area contributed by atoms with E-state index in [4.69, 9.17) is 4.42 Å². The summed E-state index contributed by atoms with van der Waals surface area (Å²) in [6.07, 6.45) is 9.47. The minimum Gasteiger partial charge on any atom is -0.455 e. The van der Waals surface area contributed by atoms with Crippen molar-refractivity contribution in [3.63, 3.8) is 0 Å². The van der Waals surface area contributed by atoms with E-state index >= 15 is 0 Å². The van der Waals surface area contributed by atoms with Gasteiger partial charge in [0.2, 0.25) is 0 Å². The van der Waals surface area contributed by atoms with Gasteiger partial charge < -0.3 is 4.42 Å². The van der Waals surface area contributed by atoms with Crippen LogP contribution in [0.3, 0.4) is 0 Å². The highest BCUT2D eigenvalue weighted by atomic mass is 32.1. The molecule has 1 aliphatic carbocycles. The number of furan rings is 1. The molecule has 0 N–H and O–H groups in total. The van der Waals surface area contributed by atoms with E-state index in [1.807, 2.05) is 11.3 Å². The topological polar surface area (TPSA) is 13.1 Å². The van der Waals surface area contributed by atoms with E-state index in [1.165, 1.54) is 47.1 Å². The van der Waals surface area contributed by atoms with Gasteiger partial charge in [-0.2, -0.15) is 0 Å². The molecule has 45 heavy (non-hydrogen) atoms. The second-order valence-electron chi connectivity index (χ2n) is 11.7. The quantitative estimate of drug-likeness (QED) is 0.195. The second kappa shape index (κ2) is 10.3. The van der Waals surface area contributed by atoms with Crippen molar-refractivity contribution >= 4 is 75.4 Å². The van der Waals surface area contributed by atoms with E-state index in [9.17, 15) is 0 Å². The number of thiophene rings is 1. The van der Waals surface area contributed by atoms with Gasteiger partial charge in [-0.1, -0.05) is 116 Å². The molecule has 2 heterocycles. The van der Waals surface area contributed by atoms with Gasteiger partial charge in [0.25, 0.3) is 0 Å². The third-order valence-corrected chi connectivity index (χ3v) is 10.2. The maximum absolute atomic E-state index is 6.46. The molecule has 6 aromatic carbocycles. The van der Waals surface area contributed by atoms with Gasteiger partial charge in [0.1, 0.15) is 11.2 Å². The first-order valence-corrected chi connectivity index (χ1v) is 16.2. The summed E-state index contributed by atoms with van der Waals surface area (Å²) in [5.74, 6) is 0. The lowest BCUT2D eigenvalue weighted by Gasteiger charge is -2.13. The first-order valence-electron chi connectivity index (χ1n) is 15.3. The molecule has 1 nitrogen and oxygen atoms in total. The zero-order valence-electron chi connectivity index (χ0n) is 24.6. The Morgan fingerprint density at radius 3 is 2.27 bits per heavy atom. The molecule has 0 unspecified atom stereocenters. The summed E-state index contributed by atoms with van der Waals surface area (Å²) < 4.78 is 9.11. The van der Waals surface area contributed by atoms with Crippen LogP contribution in [0.5, 0.6) is 0 Å². The summed E-state index contributed by atoms with van der Waals surface area (Å²) in [6.45, 7) is 4.59. The lowest BCUT2D eigenvalue weighted by Crippen LogP contribution is -2.30. The number of benzene rings is 6.